The van der Waals surface area contributed by atoms with Crippen LogP contribution in [0.4, 0.5) is 5.69 Å². The van der Waals surface area contributed by atoms with Gasteiger partial charge in [0.25, 0.3) is 5.91 Å². The number of halogens is 1. The minimum atomic E-state index is -0.0996. The standard InChI is InChI=1S/C15H22BrN3O2/c1-18-6-4-12(5-7-18)19(8-9-20)15(21)13-10-11(16)2-3-14(13)17/h2-3,10,12,20H,4-9,17H2,1H3. The number of nitrogen functional groups attached to an aromatic ring is 1. The molecule has 0 unspecified atom stereocenters. The third-order valence-electron chi connectivity index (χ3n) is 3.98. The number of aliphatic hydroxyl groups is 1. The number of amides is 1. The average molecular weight is 356 g/mol. The summed E-state index contributed by atoms with van der Waals surface area (Å²) in [6.07, 6.45) is 1.85. The number of hydrogen-bond acceptors (Lipinski definition) is 4. The molecule has 0 radical (unpaired) electrons. The molecular formula is C15H22BrN3O2. The summed E-state index contributed by atoms with van der Waals surface area (Å²) < 4.78 is 0.826. The Morgan fingerprint density at radius 1 is 1.48 bits per heavy atom. The van der Waals surface area contributed by atoms with Gasteiger partial charge in [-0.2, -0.15) is 0 Å². The van der Waals surface area contributed by atoms with E-state index in [2.05, 4.69) is 27.9 Å². The Balaban J connectivity index is 2.20. The Morgan fingerprint density at radius 3 is 2.76 bits per heavy atom. The van der Waals surface area contributed by atoms with Gasteiger partial charge in [-0.15, -0.1) is 0 Å². The molecule has 0 bridgehead atoms. The molecule has 0 spiro atoms. The first-order valence-electron chi connectivity index (χ1n) is 7.18. The van der Waals surface area contributed by atoms with Gasteiger partial charge in [-0.1, -0.05) is 15.9 Å². The van der Waals surface area contributed by atoms with Crippen molar-refractivity contribution in [3.63, 3.8) is 0 Å². The Morgan fingerprint density at radius 2 is 2.14 bits per heavy atom. The van der Waals surface area contributed by atoms with E-state index in [-0.39, 0.29) is 18.6 Å². The lowest BCUT2D eigenvalue weighted by molar-refractivity contribution is 0.0541. The molecule has 0 aromatic heterocycles. The third-order valence-corrected chi connectivity index (χ3v) is 4.47. The van der Waals surface area contributed by atoms with Gasteiger partial charge in [0, 0.05) is 22.7 Å². The number of piperidine rings is 1. The molecular weight excluding hydrogens is 334 g/mol. The monoisotopic (exact) mass is 355 g/mol. The molecule has 1 aliphatic heterocycles. The van der Waals surface area contributed by atoms with Gasteiger partial charge in [-0.05, 0) is 51.2 Å². The van der Waals surface area contributed by atoms with Gasteiger partial charge in [-0.3, -0.25) is 4.79 Å². The van der Waals surface area contributed by atoms with Crippen molar-refractivity contribution in [2.24, 2.45) is 0 Å². The molecule has 0 saturated carbocycles. The van der Waals surface area contributed by atoms with Crippen LogP contribution in [0.1, 0.15) is 23.2 Å². The highest BCUT2D eigenvalue weighted by Gasteiger charge is 2.28. The van der Waals surface area contributed by atoms with Crippen molar-refractivity contribution in [1.29, 1.82) is 0 Å². The number of aliphatic hydroxyl groups excluding tert-OH is 1. The molecule has 21 heavy (non-hydrogen) atoms. The maximum absolute atomic E-state index is 12.8. The van der Waals surface area contributed by atoms with Gasteiger partial charge in [0.1, 0.15) is 0 Å². The van der Waals surface area contributed by atoms with Gasteiger partial charge in [-0.25, -0.2) is 0 Å². The van der Waals surface area contributed by atoms with Crippen LogP contribution in [0.5, 0.6) is 0 Å². The van der Waals surface area contributed by atoms with E-state index in [1.54, 1.807) is 17.0 Å². The molecule has 1 aliphatic rings. The van der Waals surface area contributed by atoms with E-state index in [0.29, 0.717) is 17.8 Å². The zero-order chi connectivity index (χ0) is 15.4. The van der Waals surface area contributed by atoms with Crippen molar-refractivity contribution in [2.45, 2.75) is 18.9 Å². The Bertz CT molecular complexity index is 502. The number of carbonyl (C=O) groups excluding carboxylic acids is 1. The van der Waals surface area contributed by atoms with Crippen LogP contribution in [0.2, 0.25) is 0 Å². The number of anilines is 1. The highest BCUT2D eigenvalue weighted by Crippen LogP contribution is 2.23. The van der Waals surface area contributed by atoms with Crippen LogP contribution >= 0.6 is 15.9 Å². The van der Waals surface area contributed by atoms with Gasteiger partial charge >= 0.3 is 0 Å². The van der Waals surface area contributed by atoms with Crippen LogP contribution in [-0.4, -0.2) is 60.1 Å². The Labute approximate surface area is 133 Å². The fourth-order valence-electron chi connectivity index (χ4n) is 2.73. The van der Waals surface area contributed by atoms with Crippen molar-refractivity contribution in [1.82, 2.24) is 9.80 Å². The summed E-state index contributed by atoms with van der Waals surface area (Å²) in [5, 5.41) is 9.29. The molecule has 6 heteroatoms. The molecule has 0 atom stereocenters. The zero-order valence-electron chi connectivity index (χ0n) is 12.3. The maximum atomic E-state index is 12.8. The molecule has 5 nitrogen and oxygen atoms in total. The molecule has 1 fully saturated rings. The molecule has 116 valence electrons. The predicted octanol–water partition coefficient (Wildman–Crippen LogP) is 1.56. The largest absolute Gasteiger partial charge is 0.398 e. The summed E-state index contributed by atoms with van der Waals surface area (Å²) >= 11 is 3.37. The zero-order valence-corrected chi connectivity index (χ0v) is 13.8. The molecule has 3 N–H and O–H groups in total. The van der Waals surface area contributed by atoms with E-state index in [0.717, 1.165) is 30.4 Å². The SMILES string of the molecule is CN1CCC(N(CCO)C(=O)c2cc(Br)ccc2N)CC1. The quantitative estimate of drug-likeness (QED) is 0.804. The first-order chi connectivity index (χ1) is 10.0. The molecule has 1 aromatic rings. The van der Waals surface area contributed by atoms with E-state index in [1.807, 2.05) is 6.07 Å². The van der Waals surface area contributed by atoms with Crippen LogP contribution < -0.4 is 5.73 Å². The van der Waals surface area contributed by atoms with E-state index < -0.39 is 0 Å². The lowest BCUT2D eigenvalue weighted by atomic mass is 10.0. The van der Waals surface area contributed by atoms with Crippen molar-refractivity contribution >= 4 is 27.5 Å². The second kappa shape index (κ2) is 7.24. The molecule has 1 saturated heterocycles. The molecule has 1 heterocycles. The molecule has 2 rings (SSSR count). The number of nitrogens with two attached hydrogens (primary N) is 1. The first kappa shape index (κ1) is 16.3. The third kappa shape index (κ3) is 3.96. The average Bonchev–Trinajstić information content (AvgIpc) is 2.48. The second-order valence-electron chi connectivity index (χ2n) is 5.49. The summed E-state index contributed by atoms with van der Waals surface area (Å²) in [5.41, 5.74) is 6.91. The van der Waals surface area contributed by atoms with Crippen LogP contribution in [0.25, 0.3) is 0 Å². The van der Waals surface area contributed by atoms with Crippen molar-refractivity contribution in [2.75, 3.05) is 39.0 Å². The minimum Gasteiger partial charge on any atom is -0.398 e. The normalized spacial score (nSPS) is 16.9. The van der Waals surface area contributed by atoms with Crippen molar-refractivity contribution in [3.05, 3.63) is 28.2 Å². The Hall–Kier alpha value is -1.11. The Kier molecular flexibility index (Phi) is 5.61. The smallest absolute Gasteiger partial charge is 0.256 e. The number of benzene rings is 1. The maximum Gasteiger partial charge on any atom is 0.256 e. The van der Waals surface area contributed by atoms with Crippen molar-refractivity contribution in [3.8, 4) is 0 Å². The topological polar surface area (TPSA) is 69.8 Å². The minimum absolute atomic E-state index is 0.0357. The van der Waals surface area contributed by atoms with E-state index in [9.17, 15) is 9.90 Å². The van der Waals surface area contributed by atoms with Crippen LogP contribution in [0.3, 0.4) is 0 Å². The fourth-order valence-corrected chi connectivity index (χ4v) is 3.09. The fraction of sp³-hybridized carbons (Fsp3) is 0.533. The summed E-state index contributed by atoms with van der Waals surface area (Å²) in [7, 11) is 2.08. The van der Waals surface area contributed by atoms with Crippen LogP contribution in [0, 0.1) is 0 Å². The highest BCUT2D eigenvalue weighted by atomic mass is 79.9. The van der Waals surface area contributed by atoms with Crippen LogP contribution in [-0.2, 0) is 0 Å². The first-order valence-corrected chi connectivity index (χ1v) is 7.97. The van der Waals surface area contributed by atoms with Gasteiger partial charge in [0.15, 0.2) is 0 Å². The van der Waals surface area contributed by atoms with Crippen LogP contribution in [0.15, 0.2) is 22.7 Å². The van der Waals surface area contributed by atoms with E-state index in [1.165, 1.54) is 0 Å². The predicted molar refractivity (Wildman–Crippen MR) is 87.2 cm³/mol. The second-order valence-corrected chi connectivity index (χ2v) is 6.40. The lowest BCUT2D eigenvalue weighted by Crippen LogP contribution is -2.47. The summed E-state index contributed by atoms with van der Waals surface area (Å²) in [4.78, 5) is 16.8. The van der Waals surface area contributed by atoms with Gasteiger partial charge in [0.05, 0.1) is 12.2 Å². The molecule has 0 aliphatic carbocycles. The molecule has 1 amide bonds. The van der Waals surface area contributed by atoms with E-state index >= 15 is 0 Å². The number of likely N-dealkylation sites (tertiary alicyclic amines) is 1. The van der Waals surface area contributed by atoms with Gasteiger partial charge < -0.3 is 20.6 Å². The van der Waals surface area contributed by atoms with Gasteiger partial charge in [0.2, 0.25) is 0 Å². The van der Waals surface area contributed by atoms with Crippen molar-refractivity contribution < 1.29 is 9.90 Å². The summed E-state index contributed by atoms with van der Waals surface area (Å²) in [6.45, 7) is 2.24. The number of hydrogen-bond donors (Lipinski definition) is 2. The summed E-state index contributed by atoms with van der Waals surface area (Å²) in [6, 6.07) is 5.46. The molecule has 1 aromatic carbocycles. The number of carbonyl (C=O) groups is 1. The highest BCUT2D eigenvalue weighted by molar-refractivity contribution is 9.10. The lowest BCUT2D eigenvalue weighted by Gasteiger charge is -2.37. The number of nitrogens with zero attached hydrogens (tertiary/aromatic N) is 2. The number of rotatable bonds is 4. The summed E-state index contributed by atoms with van der Waals surface area (Å²) in [5.74, 6) is -0.0996. The van der Waals surface area contributed by atoms with E-state index in [4.69, 9.17) is 5.73 Å².